The molecule has 2 aromatic rings. The zero-order valence-corrected chi connectivity index (χ0v) is 11.8. The van der Waals surface area contributed by atoms with Crippen LogP contribution in [0.1, 0.15) is 0 Å². The molecule has 2 N–H and O–H groups in total. The van der Waals surface area contributed by atoms with Crippen LogP contribution in [0.5, 0.6) is 17.2 Å². The molecular formula is C14H16N4O3. The number of aryl methyl sites for hydroxylation is 1. The van der Waals surface area contributed by atoms with E-state index in [9.17, 15) is 4.79 Å². The third kappa shape index (κ3) is 2.55. The third-order valence-corrected chi connectivity index (χ3v) is 3.11. The van der Waals surface area contributed by atoms with Gasteiger partial charge in [-0.25, -0.2) is 4.79 Å². The average molecular weight is 288 g/mol. The van der Waals surface area contributed by atoms with Gasteiger partial charge in [0.05, 0.1) is 6.20 Å². The van der Waals surface area contributed by atoms with Gasteiger partial charge in [0.15, 0.2) is 17.3 Å². The number of hydrogen-bond acceptors (Lipinski definition) is 6. The van der Waals surface area contributed by atoms with Gasteiger partial charge in [0.2, 0.25) is 0 Å². The monoisotopic (exact) mass is 288 g/mol. The number of hydrogen-bond donors (Lipinski definition) is 2. The summed E-state index contributed by atoms with van der Waals surface area (Å²) < 4.78 is 12.9. The Hall–Kier alpha value is -2.54. The van der Waals surface area contributed by atoms with Gasteiger partial charge in [0.25, 0.3) is 0 Å². The molecule has 0 saturated heterocycles. The Morgan fingerprint density at radius 1 is 1.43 bits per heavy atom. The van der Waals surface area contributed by atoms with E-state index in [0.29, 0.717) is 35.4 Å². The molecule has 1 aliphatic heterocycles. The molecule has 0 radical (unpaired) electrons. The van der Waals surface area contributed by atoms with Gasteiger partial charge in [-0.15, -0.1) is 0 Å². The smallest absolute Gasteiger partial charge is 0.349 e. The molecule has 7 heteroatoms. The summed E-state index contributed by atoms with van der Waals surface area (Å²) in [5.74, 6) is 2.22. The number of ether oxygens (including phenoxy) is 2. The minimum Gasteiger partial charge on any atom is -0.490 e. The molecule has 1 aromatic carbocycles. The second kappa shape index (κ2) is 5.45. The zero-order chi connectivity index (χ0) is 14.8. The summed E-state index contributed by atoms with van der Waals surface area (Å²) in [4.78, 5) is 15.6. The topological polar surface area (TPSA) is 77.4 Å². The normalized spacial score (nSPS) is 11.9. The Bertz CT molecular complexity index is 727. The van der Waals surface area contributed by atoms with Crippen LogP contribution < -0.4 is 25.8 Å². The first-order chi connectivity index (χ1) is 10.2. The van der Waals surface area contributed by atoms with Gasteiger partial charge in [-0.3, -0.25) is 4.57 Å². The largest absolute Gasteiger partial charge is 0.490 e. The molecular weight excluding hydrogens is 272 g/mol. The summed E-state index contributed by atoms with van der Waals surface area (Å²) >= 11 is 0. The predicted octanol–water partition coefficient (Wildman–Crippen LogP) is 1.23. The van der Waals surface area contributed by atoms with E-state index in [1.165, 1.54) is 4.57 Å². The Kier molecular flexibility index (Phi) is 3.49. The van der Waals surface area contributed by atoms with Crippen LogP contribution in [0.25, 0.3) is 0 Å². The molecule has 0 aliphatic carbocycles. The van der Waals surface area contributed by atoms with Crippen LogP contribution in [-0.4, -0.2) is 29.8 Å². The lowest BCUT2D eigenvalue weighted by Crippen LogP contribution is -2.22. The standard InChI is InChI=1S/C14H16N4O3/c1-15-6-7-20-9-4-3-5-10-12(9)16-13-11(21-10)8-18(2)14(19)17-13/h3-5,8,15H,6-7H2,1-2H3,(H,16,17,19). The van der Waals surface area contributed by atoms with Crippen molar-refractivity contribution in [1.29, 1.82) is 0 Å². The van der Waals surface area contributed by atoms with E-state index in [2.05, 4.69) is 15.6 Å². The maximum absolute atomic E-state index is 11.6. The number of benzene rings is 1. The highest BCUT2D eigenvalue weighted by atomic mass is 16.5. The number of rotatable bonds is 4. The second-order valence-electron chi connectivity index (χ2n) is 4.66. The van der Waals surface area contributed by atoms with Crippen LogP contribution in [0.4, 0.5) is 11.5 Å². The molecule has 0 spiro atoms. The van der Waals surface area contributed by atoms with Crippen molar-refractivity contribution in [1.82, 2.24) is 14.9 Å². The Morgan fingerprint density at radius 2 is 2.29 bits per heavy atom. The lowest BCUT2D eigenvalue weighted by Gasteiger charge is -2.23. The predicted molar refractivity (Wildman–Crippen MR) is 78.7 cm³/mol. The van der Waals surface area contributed by atoms with Crippen LogP contribution in [0.15, 0.2) is 29.2 Å². The minimum absolute atomic E-state index is 0.345. The Morgan fingerprint density at radius 3 is 3.10 bits per heavy atom. The van der Waals surface area contributed by atoms with Crippen molar-refractivity contribution in [3.05, 3.63) is 34.9 Å². The van der Waals surface area contributed by atoms with E-state index < -0.39 is 0 Å². The summed E-state index contributed by atoms with van der Waals surface area (Å²) in [5.41, 5.74) is 0.337. The summed E-state index contributed by atoms with van der Waals surface area (Å²) in [5, 5.41) is 6.12. The highest BCUT2D eigenvalue weighted by Crippen LogP contribution is 2.44. The van der Waals surface area contributed by atoms with E-state index in [0.717, 1.165) is 6.54 Å². The number of aromatic nitrogens is 2. The first-order valence-electron chi connectivity index (χ1n) is 6.62. The minimum atomic E-state index is -0.345. The van der Waals surface area contributed by atoms with E-state index >= 15 is 0 Å². The molecule has 0 atom stereocenters. The highest BCUT2D eigenvalue weighted by molar-refractivity contribution is 5.77. The summed E-state index contributed by atoms with van der Waals surface area (Å²) in [6.45, 7) is 1.27. The molecule has 1 aliphatic rings. The van der Waals surface area contributed by atoms with E-state index in [4.69, 9.17) is 9.47 Å². The van der Waals surface area contributed by atoms with Crippen LogP contribution in [0.3, 0.4) is 0 Å². The summed E-state index contributed by atoms with van der Waals surface area (Å²) in [6, 6.07) is 5.54. The lowest BCUT2D eigenvalue weighted by atomic mass is 10.2. The molecule has 0 bridgehead atoms. The fourth-order valence-corrected chi connectivity index (χ4v) is 2.03. The second-order valence-corrected chi connectivity index (χ2v) is 4.66. The molecule has 1 aromatic heterocycles. The maximum Gasteiger partial charge on any atom is 0.349 e. The molecule has 2 heterocycles. The van der Waals surface area contributed by atoms with Crippen molar-refractivity contribution in [3.63, 3.8) is 0 Å². The van der Waals surface area contributed by atoms with E-state index in [-0.39, 0.29) is 5.69 Å². The van der Waals surface area contributed by atoms with E-state index in [1.54, 1.807) is 13.2 Å². The average Bonchev–Trinajstić information content (AvgIpc) is 2.47. The molecule has 21 heavy (non-hydrogen) atoms. The van der Waals surface area contributed by atoms with Gasteiger partial charge in [0.1, 0.15) is 18.0 Å². The number of fused-ring (bicyclic) bond motifs is 2. The van der Waals surface area contributed by atoms with Crippen LogP contribution >= 0.6 is 0 Å². The van der Waals surface area contributed by atoms with Gasteiger partial charge in [-0.1, -0.05) is 6.07 Å². The number of para-hydroxylation sites is 1. The highest BCUT2D eigenvalue weighted by Gasteiger charge is 2.22. The van der Waals surface area contributed by atoms with Crippen LogP contribution in [-0.2, 0) is 7.05 Å². The number of anilines is 2. The molecule has 0 fully saturated rings. The van der Waals surface area contributed by atoms with E-state index in [1.807, 2.05) is 25.2 Å². The third-order valence-electron chi connectivity index (χ3n) is 3.11. The first kappa shape index (κ1) is 13.4. The van der Waals surface area contributed by atoms with Crippen molar-refractivity contribution < 1.29 is 9.47 Å². The Labute approximate surface area is 121 Å². The van der Waals surface area contributed by atoms with Gasteiger partial charge < -0.3 is 20.1 Å². The van der Waals surface area contributed by atoms with Crippen molar-refractivity contribution in [2.45, 2.75) is 0 Å². The van der Waals surface area contributed by atoms with Crippen molar-refractivity contribution in [2.24, 2.45) is 7.05 Å². The van der Waals surface area contributed by atoms with Crippen LogP contribution in [0, 0.1) is 0 Å². The number of nitrogens with zero attached hydrogens (tertiary/aromatic N) is 2. The molecule has 110 valence electrons. The van der Waals surface area contributed by atoms with Gasteiger partial charge in [0, 0.05) is 13.6 Å². The van der Waals surface area contributed by atoms with Crippen LogP contribution in [0.2, 0.25) is 0 Å². The van der Waals surface area contributed by atoms with Gasteiger partial charge in [-0.2, -0.15) is 4.98 Å². The lowest BCUT2D eigenvalue weighted by molar-refractivity contribution is 0.318. The SMILES string of the molecule is CNCCOc1cccc2c1Nc1nc(=O)n(C)cc1O2. The molecule has 0 amide bonds. The van der Waals surface area contributed by atoms with Crippen molar-refractivity contribution >= 4 is 11.5 Å². The summed E-state index contributed by atoms with van der Waals surface area (Å²) in [7, 11) is 3.49. The zero-order valence-electron chi connectivity index (χ0n) is 11.8. The quantitative estimate of drug-likeness (QED) is 0.703. The van der Waals surface area contributed by atoms with Crippen molar-refractivity contribution in [3.8, 4) is 17.2 Å². The maximum atomic E-state index is 11.6. The van der Waals surface area contributed by atoms with Crippen molar-refractivity contribution in [2.75, 3.05) is 25.5 Å². The van der Waals surface area contributed by atoms with Gasteiger partial charge in [-0.05, 0) is 19.2 Å². The fourth-order valence-electron chi connectivity index (χ4n) is 2.03. The number of likely N-dealkylation sites (N-methyl/N-ethyl adjacent to an activating group) is 1. The fraction of sp³-hybridized carbons (Fsp3) is 0.286. The first-order valence-corrected chi connectivity index (χ1v) is 6.62. The molecule has 7 nitrogen and oxygen atoms in total. The number of nitrogens with one attached hydrogen (secondary N) is 2. The molecule has 0 saturated carbocycles. The van der Waals surface area contributed by atoms with Gasteiger partial charge >= 0.3 is 5.69 Å². The molecule has 0 unspecified atom stereocenters. The summed E-state index contributed by atoms with van der Waals surface area (Å²) in [6.07, 6.45) is 1.61. The molecule has 3 rings (SSSR count). The Balaban J connectivity index is 1.93.